The first-order valence-electron chi connectivity index (χ1n) is 5.97. The van der Waals surface area contributed by atoms with Crippen LogP contribution >= 0.6 is 11.6 Å². The summed E-state index contributed by atoms with van der Waals surface area (Å²) < 4.78 is 5.55. The highest BCUT2D eigenvalue weighted by molar-refractivity contribution is 6.17. The van der Waals surface area contributed by atoms with E-state index in [1.54, 1.807) is 0 Å². The minimum Gasteiger partial charge on any atom is -0.475 e. The molecule has 1 heterocycles. The van der Waals surface area contributed by atoms with Crippen molar-refractivity contribution in [1.82, 2.24) is 9.97 Å². The van der Waals surface area contributed by atoms with Crippen molar-refractivity contribution in [3.05, 3.63) is 12.4 Å². The van der Waals surface area contributed by atoms with Gasteiger partial charge in [-0.05, 0) is 27.2 Å². The van der Waals surface area contributed by atoms with Gasteiger partial charge in [0.05, 0.1) is 6.10 Å². The lowest BCUT2D eigenvalue weighted by molar-refractivity contribution is 0.232. The zero-order valence-electron chi connectivity index (χ0n) is 10.7. The third-order valence-corrected chi connectivity index (χ3v) is 2.52. The van der Waals surface area contributed by atoms with Gasteiger partial charge in [-0.2, -0.15) is 0 Å². The number of alkyl halides is 1. The maximum Gasteiger partial charge on any atom is 0.218 e. The molecule has 0 aliphatic heterocycles. The molecule has 0 spiro atoms. The summed E-state index contributed by atoms with van der Waals surface area (Å²) in [6.07, 6.45) is 2.60. The SMILES string of the molecule is CCN(CCCCl)c1cc(OC(C)C)ncn1. The van der Waals surface area contributed by atoms with Crippen molar-refractivity contribution >= 4 is 17.4 Å². The van der Waals surface area contributed by atoms with E-state index in [0.717, 1.165) is 25.3 Å². The van der Waals surface area contributed by atoms with Crippen molar-refractivity contribution in [2.45, 2.75) is 33.3 Å². The Morgan fingerprint density at radius 3 is 2.76 bits per heavy atom. The topological polar surface area (TPSA) is 38.2 Å². The van der Waals surface area contributed by atoms with Crippen molar-refractivity contribution in [1.29, 1.82) is 0 Å². The molecule has 17 heavy (non-hydrogen) atoms. The Labute approximate surface area is 108 Å². The van der Waals surface area contributed by atoms with E-state index in [1.807, 2.05) is 19.9 Å². The second kappa shape index (κ2) is 7.33. The van der Waals surface area contributed by atoms with Gasteiger partial charge in [0.15, 0.2) is 0 Å². The second-order valence-electron chi connectivity index (χ2n) is 4.00. The molecule has 0 radical (unpaired) electrons. The molecule has 0 aliphatic carbocycles. The molecule has 1 aromatic rings. The second-order valence-corrected chi connectivity index (χ2v) is 4.38. The van der Waals surface area contributed by atoms with Crippen LogP contribution in [-0.4, -0.2) is 35.0 Å². The Hall–Kier alpha value is -1.03. The molecule has 0 N–H and O–H groups in total. The smallest absolute Gasteiger partial charge is 0.218 e. The van der Waals surface area contributed by atoms with Gasteiger partial charge in [-0.25, -0.2) is 9.97 Å². The molecule has 0 amide bonds. The van der Waals surface area contributed by atoms with Gasteiger partial charge in [-0.3, -0.25) is 0 Å². The first-order valence-corrected chi connectivity index (χ1v) is 6.50. The van der Waals surface area contributed by atoms with Crippen LogP contribution in [0.4, 0.5) is 5.82 Å². The largest absolute Gasteiger partial charge is 0.475 e. The summed E-state index contributed by atoms with van der Waals surface area (Å²) in [6.45, 7) is 7.85. The minimum atomic E-state index is 0.121. The Bertz CT molecular complexity index is 333. The van der Waals surface area contributed by atoms with E-state index in [-0.39, 0.29) is 6.10 Å². The number of nitrogens with zero attached hydrogens (tertiary/aromatic N) is 3. The zero-order chi connectivity index (χ0) is 12.7. The van der Waals surface area contributed by atoms with Crippen LogP contribution in [0.3, 0.4) is 0 Å². The summed E-state index contributed by atoms with van der Waals surface area (Å²) in [6, 6.07) is 1.87. The number of anilines is 1. The molecule has 0 bridgehead atoms. The summed E-state index contributed by atoms with van der Waals surface area (Å²) in [5.41, 5.74) is 0. The standard InChI is InChI=1S/C12H20ClN3O/c1-4-16(7-5-6-13)11-8-12(15-9-14-11)17-10(2)3/h8-10H,4-7H2,1-3H3. The van der Waals surface area contributed by atoms with Crippen LogP contribution in [0.25, 0.3) is 0 Å². The average molecular weight is 258 g/mol. The number of rotatable bonds is 7. The fourth-order valence-electron chi connectivity index (χ4n) is 1.49. The predicted octanol–water partition coefficient (Wildman–Crippen LogP) is 2.72. The number of ether oxygens (including phenoxy) is 1. The molecule has 5 heteroatoms. The molecule has 0 saturated carbocycles. The van der Waals surface area contributed by atoms with Crippen LogP contribution in [0.1, 0.15) is 27.2 Å². The van der Waals surface area contributed by atoms with E-state index >= 15 is 0 Å². The molecule has 96 valence electrons. The van der Waals surface area contributed by atoms with Crippen molar-refractivity contribution < 1.29 is 4.74 Å². The lowest BCUT2D eigenvalue weighted by Crippen LogP contribution is -2.25. The van der Waals surface area contributed by atoms with Crippen molar-refractivity contribution in [3.8, 4) is 5.88 Å². The van der Waals surface area contributed by atoms with Gasteiger partial charge in [-0.1, -0.05) is 0 Å². The van der Waals surface area contributed by atoms with Gasteiger partial charge in [0.1, 0.15) is 12.1 Å². The maximum absolute atomic E-state index is 5.71. The summed E-state index contributed by atoms with van der Waals surface area (Å²) >= 11 is 5.71. The molecule has 0 saturated heterocycles. The summed E-state index contributed by atoms with van der Waals surface area (Å²) in [5.74, 6) is 2.18. The van der Waals surface area contributed by atoms with Gasteiger partial charge < -0.3 is 9.64 Å². The third-order valence-electron chi connectivity index (χ3n) is 2.25. The molecule has 4 nitrogen and oxygen atoms in total. The average Bonchev–Trinajstić information content (AvgIpc) is 2.30. The van der Waals surface area contributed by atoms with E-state index in [2.05, 4.69) is 21.8 Å². The summed E-state index contributed by atoms with van der Waals surface area (Å²) in [7, 11) is 0. The molecule has 0 aliphatic rings. The molecule has 1 aromatic heterocycles. The Morgan fingerprint density at radius 1 is 1.41 bits per heavy atom. The van der Waals surface area contributed by atoms with Crippen LogP contribution in [0, 0.1) is 0 Å². The van der Waals surface area contributed by atoms with Gasteiger partial charge in [0.25, 0.3) is 0 Å². The highest BCUT2D eigenvalue weighted by Gasteiger charge is 2.08. The fraction of sp³-hybridized carbons (Fsp3) is 0.667. The monoisotopic (exact) mass is 257 g/mol. The number of hydrogen-bond acceptors (Lipinski definition) is 4. The van der Waals surface area contributed by atoms with Crippen molar-refractivity contribution in [2.24, 2.45) is 0 Å². The van der Waals surface area contributed by atoms with Crippen LogP contribution in [-0.2, 0) is 0 Å². The molecule has 0 fully saturated rings. The van der Waals surface area contributed by atoms with Gasteiger partial charge in [0, 0.05) is 25.0 Å². The van der Waals surface area contributed by atoms with E-state index in [0.29, 0.717) is 11.8 Å². The Balaban J connectivity index is 2.73. The van der Waals surface area contributed by atoms with Crippen molar-refractivity contribution in [2.75, 3.05) is 23.9 Å². The predicted molar refractivity (Wildman–Crippen MR) is 71.0 cm³/mol. The molecule has 0 atom stereocenters. The minimum absolute atomic E-state index is 0.121. The van der Waals surface area contributed by atoms with Crippen LogP contribution in [0.5, 0.6) is 5.88 Å². The zero-order valence-corrected chi connectivity index (χ0v) is 11.4. The first kappa shape index (κ1) is 14.0. The number of halogens is 1. The molecule has 1 rings (SSSR count). The van der Waals surface area contributed by atoms with Crippen molar-refractivity contribution in [3.63, 3.8) is 0 Å². The summed E-state index contributed by atoms with van der Waals surface area (Å²) in [4.78, 5) is 10.5. The highest BCUT2D eigenvalue weighted by atomic mass is 35.5. The lowest BCUT2D eigenvalue weighted by atomic mass is 10.4. The lowest BCUT2D eigenvalue weighted by Gasteiger charge is -2.21. The molecule has 0 unspecified atom stereocenters. The molecular weight excluding hydrogens is 238 g/mol. The van der Waals surface area contributed by atoms with E-state index in [1.165, 1.54) is 6.33 Å². The van der Waals surface area contributed by atoms with E-state index in [9.17, 15) is 0 Å². The number of hydrogen-bond donors (Lipinski definition) is 0. The van der Waals surface area contributed by atoms with Gasteiger partial charge >= 0.3 is 0 Å². The normalized spacial score (nSPS) is 10.6. The molecular formula is C12H20ClN3O. The highest BCUT2D eigenvalue weighted by Crippen LogP contribution is 2.16. The quantitative estimate of drug-likeness (QED) is 0.704. The van der Waals surface area contributed by atoms with Crippen LogP contribution in [0.15, 0.2) is 12.4 Å². The summed E-state index contributed by atoms with van der Waals surface area (Å²) in [5, 5.41) is 0. The van der Waals surface area contributed by atoms with Gasteiger partial charge in [-0.15, -0.1) is 11.6 Å². The first-order chi connectivity index (χ1) is 8.17. The van der Waals surface area contributed by atoms with Crippen LogP contribution < -0.4 is 9.64 Å². The van der Waals surface area contributed by atoms with E-state index in [4.69, 9.17) is 16.3 Å². The van der Waals surface area contributed by atoms with Gasteiger partial charge in [0.2, 0.25) is 5.88 Å². The Morgan fingerprint density at radius 2 is 2.18 bits per heavy atom. The number of aromatic nitrogens is 2. The maximum atomic E-state index is 5.71. The Kier molecular flexibility index (Phi) is 6.05. The molecule has 0 aromatic carbocycles. The van der Waals surface area contributed by atoms with Crippen LogP contribution in [0.2, 0.25) is 0 Å². The fourth-order valence-corrected chi connectivity index (χ4v) is 1.61. The van der Waals surface area contributed by atoms with E-state index < -0.39 is 0 Å². The third kappa shape index (κ3) is 4.77.